The zero-order chi connectivity index (χ0) is 27.2. The van der Waals surface area contributed by atoms with Crippen molar-refractivity contribution in [3.63, 3.8) is 0 Å². The fourth-order valence-corrected chi connectivity index (χ4v) is 5.49. The number of hydrogen-bond donors (Lipinski definition) is 1. The molecule has 3 heterocycles. The number of benzene rings is 2. The maximum atomic E-state index is 14.5. The number of rotatable bonds is 7. The molecule has 0 aliphatic heterocycles. The van der Waals surface area contributed by atoms with Gasteiger partial charge >= 0.3 is 0 Å². The molecule has 0 fully saturated rings. The Morgan fingerprint density at radius 1 is 1.11 bits per heavy atom. The third-order valence-corrected chi connectivity index (χ3v) is 8.07. The highest BCUT2D eigenvalue weighted by Gasteiger charge is 2.21. The molecule has 0 amide bonds. The number of sulfonamides is 1. The van der Waals surface area contributed by atoms with Crippen molar-refractivity contribution in [3.05, 3.63) is 76.5 Å². The minimum atomic E-state index is -3.61. The number of nitrogens with zero attached hydrogens (tertiary/aromatic N) is 3. The van der Waals surface area contributed by atoms with Crippen LogP contribution in [-0.4, -0.2) is 28.9 Å². The molecule has 9 nitrogen and oxygen atoms in total. The average molecular weight is 559 g/mol. The minimum Gasteiger partial charge on any atom is -0.454 e. The number of aromatic nitrogens is 3. The topological polar surface area (TPSA) is 116 Å². The first kappa shape index (κ1) is 25.5. The summed E-state index contributed by atoms with van der Waals surface area (Å²) in [5.41, 5.74) is 0.828. The van der Waals surface area contributed by atoms with E-state index in [1.807, 2.05) is 0 Å². The summed E-state index contributed by atoms with van der Waals surface area (Å²) in [5, 5.41) is 4.46. The number of aryl methyl sites for hydroxylation is 2. The van der Waals surface area contributed by atoms with Crippen LogP contribution < -0.4 is 15.0 Å². The summed E-state index contributed by atoms with van der Waals surface area (Å²) >= 11 is 1.17. The van der Waals surface area contributed by atoms with E-state index in [1.165, 1.54) is 41.0 Å². The van der Waals surface area contributed by atoms with Gasteiger partial charge in [0.2, 0.25) is 21.7 Å². The molecule has 0 aliphatic carbocycles. The standard InChI is InChI=1S/C25H20F2N4O5S2/c1-4-38(33,34)30-15-6-8-20(35-21-7-5-14(26)9-19(21)27)16(10-15)18-12-31(3)25(32)23-17(18)11-22(37-23)24-28-13(2)36-29-24/h5-12,30H,4H2,1-3H3. The second kappa shape index (κ2) is 9.65. The Morgan fingerprint density at radius 2 is 1.87 bits per heavy atom. The van der Waals surface area contributed by atoms with Gasteiger partial charge in [-0.1, -0.05) is 5.16 Å². The fraction of sp³-hybridized carbons (Fsp3) is 0.160. The van der Waals surface area contributed by atoms with Crippen molar-refractivity contribution in [2.75, 3.05) is 10.5 Å². The van der Waals surface area contributed by atoms with E-state index in [4.69, 9.17) is 9.26 Å². The van der Waals surface area contributed by atoms with Crippen molar-refractivity contribution in [1.82, 2.24) is 14.7 Å². The lowest BCUT2D eigenvalue weighted by Gasteiger charge is -2.16. The van der Waals surface area contributed by atoms with E-state index in [0.717, 1.165) is 12.1 Å². The largest absolute Gasteiger partial charge is 0.454 e. The molecule has 0 atom stereocenters. The highest BCUT2D eigenvalue weighted by molar-refractivity contribution is 7.92. The summed E-state index contributed by atoms with van der Waals surface area (Å²) in [4.78, 5) is 17.8. The monoisotopic (exact) mass is 558 g/mol. The number of fused-ring (bicyclic) bond motifs is 1. The normalized spacial score (nSPS) is 11.7. The van der Waals surface area contributed by atoms with Gasteiger partial charge in [-0.25, -0.2) is 17.2 Å². The Hall–Kier alpha value is -4.10. The summed E-state index contributed by atoms with van der Waals surface area (Å²) in [7, 11) is -2.04. The third kappa shape index (κ3) is 4.89. The molecule has 0 bridgehead atoms. The van der Waals surface area contributed by atoms with Gasteiger partial charge in [0.25, 0.3) is 5.56 Å². The van der Waals surface area contributed by atoms with Gasteiger partial charge in [-0.3, -0.25) is 9.52 Å². The second-order valence-corrected chi connectivity index (χ2v) is 11.4. The predicted octanol–water partition coefficient (Wildman–Crippen LogP) is 5.46. The number of hydrogen-bond acceptors (Lipinski definition) is 8. The van der Waals surface area contributed by atoms with Crippen molar-refractivity contribution in [3.8, 4) is 33.3 Å². The molecule has 0 spiro atoms. The Labute approximate surface area is 219 Å². The zero-order valence-electron chi connectivity index (χ0n) is 20.3. The quantitative estimate of drug-likeness (QED) is 0.282. The van der Waals surface area contributed by atoms with Crippen LogP contribution in [0.25, 0.3) is 31.9 Å². The van der Waals surface area contributed by atoms with Gasteiger partial charge in [0.15, 0.2) is 11.6 Å². The molecule has 3 aromatic heterocycles. The van der Waals surface area contributed by atoms with E-state index in [9.17, 15) is 22.0 Å². The number of nitrogens with one attached hydrogen (secondary N) is 1. The molecular weight excluding hydrogens is 538 g/mol. The van der Waals surface area contributed by atoms with E-state index in [2.05, 4.69) is 14.9 Å². The maximum Gasteiger partial charge on any atom is 0.268 e. The molecule has 196 valence electrons. The summed E-state index contributed by atoms with van der Waals surface area (Å²) in [5.74, 6) is -1.24. The average Bonchev–Trinajstić information content (AvgIpc) is 3.51. The Bertz CT molecular complexity index is 1860. The van der Waals surface area contributed by atoms with Crippen molar-refractivity contribution in [1.29, 1.82) is 0 Å². The summed E-state index contributed by atoms with van der Waals surface area (Å²) in [6.07, 6.45) is 1.57. The van der Waals surface area contributed by atoms with E-state index < -0.39 is 21.7 Å². The molecule has 0 aliphatic rings. The summed E-state index contributed by atoms with van der Waals surface area (Å²) in [6.45, 7) is 3.15. The molecule has 38 heavy (non-hydrogen) atoms. The smallest absolute Gasteiger partial charge is 0.268 e. The number of pyridine rings is 1. The Morgan fingerprint density at radius 3 is 2.55 bits per heavy atom. The maximum absolute atomic E-state index is 14.5. The fourth-order valence-electron chi connectivity index (χ4n) is 3.78. The molecule has 0 saturated carbocycles. The minimum absolute atomic E-state index is 0.149. The number of thiophene rings is 1. The molecule has 2 aromatic carbocycles. The second-order valence-electron chi connectivity index (χ2n) is 8.34. The lowest BCUT2D eigenvalue weighted by Crippen LogP contribution is -2.16. The highest BCUT2D eigenvalue weighted by Crippen LogP contribution is 2.42. The summed E-state index contributed by atoms with van der Waals surface area (Å²) in [6, 6.07) is 9.10. The van der Waals surface area contributed by atoms with Gasteiger partial charge in [0.05, 0.1) is 10.6 Å². The van der Waals surface area contributed by atoms with E-state index in [1.54, 1.807) is 26.2 Å². The van der Waals surface area contributed by atoms with E-state index >= 15 is 0 Å². The number of anilines is 1. The third-order valence-electron chi connectivity index (χ3n) is 5.64. The lowest BCUT2D eigenvalue weighted by molar-refractivity contribution is 0.394. The van der Waals surface area contributed by atoms with E-state index in [-0.39, 0.29) is 28.5 Å². The molecule has 0 saturated heterocycles. The lowest BCUT2D eigenvalue weighted by atomic mass is 10.0. The Balaban J connectivity index is 1.74. The van der Waals surface area contributed by atoms with Crippen LogP contribution in [0.15, 0.2) is 58.0 Å². The van der Waals surface area contributed by atoms with Gasteiger partial charge in [-0.05, 0) is 43.3 Å². The van der Waals surface area contributed by atoms with Gasteiger partial charge in [-0.2, -0.15) is 4.98 Å². The SMILES string of the molecule is CCS(=O)(=O)Nc1ccc(Oc2ccc(F)cc2F)c(-c2cn(C)c(=O)c3sc(-c4noc(C)n4)cc23)c1. The van der Waals surface area contributed by atoms with Gasteiger partial charge in [0, 0.05) is 48.4 Å². The zero-order valence-corrected chi connectivity index (χ0v) is 21.9. The number of halogens is 2. The predicted molar refractivity (Wildman–Crippen MR) is 140 cm³/mol. The van der Waals surface area contributed by atoms with Gasteiger partial charge in [0.1, 0.15) is 16.3 Å². The first-order valence-electron chi connectivity index (χ1n) is 11.3. The molecule has 0 unspecified atom stereocenters. The molecule has 5 aromatic rings. The highest BCUT2D eigenvalue weighted by atomic mass is 32.2. The molecule has 13 heteroatoms. The molecule has 5 rings (SSSR count). The van der Waals surface area contributed by atoms with Gasteiger partial charge < -0.3 is 13.8 Å². The first-order valence-corrected chi connectivity index (χ1v) is 13.7. The molecule has 1 N–H and O–H groups in total. The van der Waals surface area contributed by atoms with Crippen LogP contribution in [0.2, 0.25) is 0 Å². The molecule has 0 radical (unpaired) electrons. The van der Waals surface area contributed by atoms with Crippen LogP contribution in [-0.2, 0) is 17.1 Å². The van der Waals surface area contributed by atoms with Crippen LogP contribution >= 0.6 is 11.3 Å². The number of ether oxygens (including phenoxy) is 1. The van der Waals surface area contributed by atoms with Crippen molar-refractivity contribution >= 4 is 37.1 Å². The van der Waals surface area contributed by atoms with Crippen molar-refractivity contribution in [2.45, 2.75) is 13.8 Å². The van der Waals surface area contributed by atoms with E-state index in [0.29, 0.717) is 43.9 Å². The van der Waals surface area contributed by atoms with Crippen LogP contribution in [0.1, 0.15) is 12.8 Å². The first-order chi connectivity index (χ1) is 18.0. The van der Waals surface area contributed by atoms with Crippen molar-refractivity contribution < 1.29 is 26.5 Å². The van der Waals surface area contributed by atoms with Crippen LogP contribution in [0.3, 0.4) is 0 Å². The molecular formula is C25H20F2N4O5S2. The summed E-state index contributed by atoms with van der Waals surface area (Å²) < 4.78 is 67.6. The van der Waals surface area contributed by atoms with Gasteiger partial charge in [-0.15, -0.1) is 11.3 Å². The Kier molecular flexibility index (Phi) is 6.49. The van der Waals surface area contributed by atoms with Crippen LogP contribution in [0.5, 0.6) is 11.5 Å². The van der Waals surface area contributed by atoms with Crippen LogP contribution in [0, 0.1) is 18.6 Å². The van der Waals surface area contributed by atoms with Crippen molar-refractivity contribution in [2.24, 2.45) is 7.05 Å². The van der Waals surface area contributed by atoms with Crippen LogP contribution in [0.4, 0.5) is 14.5 Å².